The van der Waals surface area contributed by atoms with E-state index in [1.54, 1.807) is 6.92 Å². The van der Waals surface area contributed by atoms with Crippen molar-refractivity contribution < 1.29 is 4.79 Å². The van der Waals surface area contributed by atoms with Crippen LogP contribution in [0, 0.1) is 0 Å². The zero-order valence-electron chi connectivity index (χ0n) is 5.70. The van der Waals surface area contributed by atoms with Gasteiger partial charge in [-0.05, 0) is 6.92 Å². The van der Waals surface area contributed by atoms with Crippen LogP contribution in [0.15, 0.2) is 0 Å². The Balaban J connectivity index is 3.71. The Kier molecular flexibility index (Phi) is 4.87. The van der Waals surface area contributed by atoms with Gasteiger partial charge in [0.2, 0.25) is 0 Å². The van der Waals surface area contributed by atoms with E-state index in [2.05, 4.69) is 5.32 Å². The summed E-state index contributed by atoms with van der Waals surface area (Å²) in [4.78, 5) is 10.8. The fourth-order valence-corrected chi connectivity index (χ4v) is 0.611. The molecule has 0 fully saturated rings. The summed E-state index contributed by atoms with van der Waals surface area (Å²) >= 11 is 21.3. The van der Waals surface area contributed by atoms with Gasteiger partial charge in [-0.1, -0.05) is 34.8 Å². The van der Waals surface area contributed by atoms with Gasteiger partial charge in [0.25, 0.3) is 9.70 Å². The minimum Gasteiger partial charge on any atom is -0.351 e. The third kappa shape index (κ3) is 5.85. The summed E-state index contributed by atoms with van der Waals surface area (Å²) < 4.78 is -1.90. The predicted molar refractivity (Wildman–Crippen MR) is 48.6 cm³/mol. The van der Waals surface area contributed by atoms with E-state index in [-0.39, 0.29) is 11.9 Å². The van der Waals surface area contributed by atoms with Gasteiger partial charge >= 0.3 is 0 Å². The van der Waals surface area contributed by atoms with E-state index in [1.807, 2.05) is 0 Å². The van der Waals surface area contributed by atoms with Crippen LogP contribution in [0.5, 0.6) is 0 Å². The third-order valence-corrected chi connectivity index (χ3v) is 1.47. The Morgan fingerprint density at radius 2 is 2.00 bits per heavy atom. The minimum absolute atomic E-state index is 0.175. The second-order valence-corrected chi connectivity index (χ2v) is 5.01. The van der Waals surface area contributed by atoms with Gasteiger partial charge in [0.05, 0.1) is 0 Å². The van der Waals surface area contributed by atoms with E-state index in [0.717, 1.165) is 0 Å². The lowest BCUT2D eigenvalue weighted by molar-refractivity contribution is -0.120. The van der Waals surface area contributed by atoms with E-state index in [9.17, 15) is 4.79 Å². The van der Waals surface area contributed by atoms with Gasteiger partial charge in [0, 0.05) is 11.9 Å². The normalized spacial score (nSPS) is 14.3. The largest absolute Gasteiger partial charge is 0.351 e. The highest BCUT2D eigenvalue weighted by molar-refractivity contribution is 6.76. The third-order valence-electron chi connectivity index (χ3n) is 0.801. The van der Waals surface area contributed by atoms with Crippen LogP contribution in [-0.2, 0) is 4.79 Å². The van der Waals surface area contributed by atoms with Crippen LogP contribution in [0.4, 0.5) is 0 Å². The van der Waals surface area contributed by atoms with Crippen molar-refractivity contribution in [2.75, 3.05) is 6.54 Å². The van der Waals surface area contributed by atoms with Crippen molar-refractivity contribution >= 4 is 52.3 Å². The Morgan fingerprint density at radius 1 is 1.55 bits per heavy atom. The molecule has 0 radical (unpaired) electrons. The van der Waals surface area contributed by atoms with Gasteiger partial charge in [-0.3, -0.25) is 4.79 Å². The second-order valence-electron chi connectivity index (χ2n) is 1.99. The van der Waals surface area contributed by atoms with E-state index in [1.165, 1.54) is 0 Å². The van der Waals surface area contributed by atoms with E-state index >= 15 is 0 Å². The van der Waals surface area contributed by atoms with Crippen molar-refractivity contribution in [1.29, 1.82) is 0 Å². The van der Waals surface area contributed by atoms with E-state index < -0.39 is 9.70 Å². The van der Waals surface area contributed by atoms with Crippen LogP contribution >= 0.6 is 46.4 Å². The van der Waals surface area contributed by atoms with Crippen LogP contribution in [0.3, 0.4) is 0 Å². The first-order valence-electron chi connectivity index (χ1n) is 2.83. The number of nitrogens with one attached hydrogen (secondary N) is 1. The molecule has 0 aliphatic rings. The molecule has 0 rings (SSSR count). The summed E-state index contributed by atoms with van der Waals surface area (Å²) in [5, 5.41) is 2.18. The number of hydrogen-bond acceptors (Lipinski definition) is 1. The monoisotopic (exact) mass is 237 g/mol. The Labute approximate surface area is 85.1 Å². The molecule has 0 bridgehead atoms. The van der Waals surface area contributed by atoms with Crippen molar-refractivity contribution in [3.8, 4) is 0 Å². The van der Waals surface area contributed by atoms with Crippen LogP contribution in [0.1, 0.15) is 6.92 Å². The Hall–Kier alpha value is 0.630. The predicted octanol–water partition coefficient (Wildman–Crippen LogP) is 2.10. The fourth-order valence-electron chi connectivity index (χ4n) is 0.334. The van der Waals surface area contributed by atoms with Crippen LogP contribution in [-0.4, -0.2) is 21.6 Å². The van der Waals surface area contributed by atoms with Crippen molar-refractivity contribution in [2.45, 2.75) is 16.1 Å². The number of halogens is 4. The van der Waals surface area contributed by atoms with Gasteiger partial charge < -0.3 is 5.32 Å². The summed E-state index contributed by atoms with van der Waals surface area (Å²) in [5.41, 5.74) is 0. The van der Waals surface area contributed by atoms with Crippen molar-refractivity contribution in [3.63, 3.8) is 0 Å². The molecule has 0 aliphatic heterocycles. The molecule has 66 valence electrons. The number of rotatable bonds is 2. The van der Waals surface area contributed by atoms with Crippen molar-refractivity contribution in [3.05, 3.63) is 0 Å². The van der Waals surface area contributed by atoms with Gasteiger partial charge in [-0.2, -0.15) is 0 Å². The topological polar surface area (TPSA) is 29.1 Å². The number of carbonyl (C=O) groups excluding carboxylic acids is 1. The summed E-state index contributed by atoms with van der Waals surface area (Å²) in [5.74, 6) is -0.657. The Morgan fingerprint density at radius 3 is 2.27 bits per heavy atom. The molecule has 0 aromatic heterocycles. The summed E-state index contributed by atoms with van der Waals surface area (Å²) in [6, 6.07) is 0. The summed E-state index contributed by atoms with van der Waals surface area (Å²) in [6.07, 6.45) is 0. The molecule has 0 aromatic rings. The first-order chi connectivity index (χ1) is 4.84. The van der Waals surface area contributed by atoms with Gasteiger partial charge in [-0.15, -0.1) is 11.6 Å². The highest BCUT2D eigenvalue weighted by atomic mass is 35.6. The van der Waals surface area contributed by atoms with Gasteiger partial charge in [0.15, 0.2) is 0 Å². The smallest absolute Gasteiger partial charge is 0.272 e. The fraction of sp³-hybridized carbons (Fsp3) is 0.800. The molecule has 0 heterocycles. The quantitative estimate of drug-likeness (QED) is 0.734. The average molecular weight is 239 g/mol. The first kappa shape index (κ1) is 11.6. The molecular formula is C5H7Cl4NO. The first-order valence-corrected chi connectivity index (χ1v) is 4.40. The second kappa shape index (κ2) is 4.61. The molecule has 1 atom stereocenters. The van der Waals surface area contributed by atoms with Crippen molar-refractivity contribution in [1.82, 2.24) is 5.32 Å². The standard InChI is InChI=1S/C5H7Cl4NO/c1-3(6)2-10-4(11)5(7,8)9/h3H,2H2,1H3,(H,10,11). The molecule has 0 aromatic carbocycles. The molecule has 0 saturated heterocycles. The molecule has 11 heavy (non-hydrogen) atoms. The molecule has 2 nitrogen and oxygen atoms in total. The molecular weight excluding hydrogens is 232 g/mol. The minimum atomic E-state index is -1.90. The highest BCUT2D eigenvalue weighted by Gasteiger charge is 2.30. The molecule has 1 unspecified atom stereocenters. The number of carbonyl (C=O) groups is 1. The summed E-state index contributed by atoms with van der Waals surface area (Å²) in [7, 11) is 0. The SMILES string of the molecule is CC(Cl)CNC(=O)C(Cl)(Cl)Cl. The van der Waals surface area contributed by atoms with Crippen LogP contribution in [0.25, 0.3) is 0 Å². The van der Waals surface area contributed by atoms with Gasteiger partial charge in [-0.25, -0.2) is 0 Å². The van der Waals surface area contributed by atoms with Crippen molar-refractivity contribution in [2.24, 2.45) is 0 Å². The average Bonchev–Trinajstić information content (AvgIpc) is 1.80. The summed E-state index contributed by atoms with van der Waals surface area (Å²) in [6.45, 7) is 2.01. The van der Waals surface area contributed by atoms with Crippen LogP contribution in [0.2, 0.25) is 0 Å². The zero-order valence-corrected chi connectivity index (χ0v) is 8.73. The number of amides is 1. The molecule has 6 heteroatoms. The maximum atomic E-state index is 10.8. The molecule has 1 amide bonds. The van der Waals surface area contributed by atoms with E-state index in [0.29, 0.717) is 0 Å². The zero-order chi connectivity index (χ0) is 9.07. The number of hydrogen-bond donors (Lipinski definition) is 1. The molecule has 0 saturated carbocycles. The maximum absolute atomic E-state index is 10.8. The lowest BCUT2D eigenvalue weighted by atomic mass is 10.4. The van der Waals surface area contributed by atoms with E-state index in [4.69, 9.17) is 46.4 Å². The highest BCUT2D eigenvalue weighted by Crippen LogP contribution is 2.25. The Bertz CT molecular complexity index is 142. The molecule has 0 aliphatic carbocycles. The molecule has 0 spiro atoms. The lowest BCUT2D eigenvalue weighted by Crippen LogP contribution is -2.37. The lowest BCUT2D eigenvalue weighted by Gasteiger charge is -2.11. The number of alkyl halides is 4. The van der Waals surface area contributed by atoms with Gasteiger partial charge in [0.1, 0.15) is 0 Å². The van der Waals surface area contributed by atoms with Crippen LogP contribution < -0.4 is 5.32 Å². The maximum Gasteiger partial charge on any atom is 0.272 e. The molecule has 1 N–H and O–H groups in total.